The van der Waals surface area contributed by atoms with Gasteiger partial charge in [0.2, 0.25) is 5.91 Å². The third kappa shape index (κ3) is 5.95. The van der Waals surface area contributed by atoms with Crippen LogP contribution in [0.5, 0.6) is 0 Å². The van der Waals surface area contributed by atoms with Gasteiger partial charge in [0.15, 0.2) is 0 Å². The van der Waals surface area contributed by atoms with E-state index in [1.807, 2.05) is 0 Å². The van der Waals surface area contributed by atoms with Crippen LogP contribution in [0.25, 0.3) is 0 Å². The molecule has 1 N–H and O–H groups in total. The Morgan fingerprint density at radius 1 is 1.38 bits per heavy atom. The molecule has 1 aliphatic carbocycles. The highest BCUT2D eigenvalue weighted by atomic mass is 79.9. The fraction of sp³-hybridized carbons (Fsp3) is 0.522. The van der Waals surface area contributed by atoms with Crippen molar-refractivity contribution in [3.05, 3.63) is 44.5 Å². The molecule has 34 heavy (non-hydrogen) atoms. The van der Waals surface area contributed by atoms with Gasteiger partial charge < -0.3 is 14.8 Å². The van der Waals surface area contributed by atoms with E-state index >= 15 is 0 Å². The lowest BCUT2D eigenvalue weighted by atomic mass is 9.84. The highest BCUT2D eigenvalue weighted by molar-refractivity contribution is 9.10. The number of rotatable bonds is 9. The Hall–Kier alpha value is -1.20. The molecule has 0 bridgehead atoms. The largest absolute Gasteiger partial charge is 0.755 e. The molecule has 11 heteroatoms. The number of nitrogens with zero attached hydrogens (tertiary/aromatic N) is 2. The number of anilines is 2. The molecule has 2 unspecified atom stereocenters. The summed E-state index contributed by atoms with van der Waals surface area (Å²) in [7, 11) is 0. The molecule has 1 amide bonds. The fourth-order valence-corrected chi connectivity index (χ4v) is 7.62. The van der Waals surface area contributed by atoms with Crippen LogP contribution in [0.15, 0.2) is 28.1 Å². The summed E-state index contributed by atoms with van der Waals surface area (Å²) >= 11 is 8.24. The summed E-state index contributed by atoms with van der Waals surface area (Å²) in [6.07, 6.45) is 6.57. The van der Waals surface area contributed by atoms with Crippen LogP contribution >= 0.6 is 38.9 Å². The van der Waals surface area contributed by atoms with Crippen molar-refractivity contribution in [3.63, 3.8) is 0 Å². The van der Waals surface area contributed by atoms with Crippen LogP contribution in [0.4, 0.5) is 15.1 Å². The van der Waals surface area contributed by atoms with Crippen LogP contribution < -0.4 is 14.5 Å². The molecule has 1 aromatic carbocycles. The van der Waals surface area contributed by atoms with Gasteiger partial charge in [0.25, 0.3) is 0 Å². The first-order valence-electron chi connectivity index (χ1n) is 11.5. The first-order valence-corrected chi connectivity index (χ1v) is 14.6. The van der Waals surface area contributed by atoms with Crippen LogP contribution in [0.3, 0.4) is 0 Å². The smallest absolute Gasteiger partial charge is 0.243 e. The first-order chi connectivity index (χ1) is 16.3. The zero-order valence-corrected chi connectivity index (χ0v) is 22.6. The number of halogens is 3. The van der Waals surface area contributed by atoms with Crippen molar-refractivity contribution in [1.82, 2.24) is 5.32 Å². The standard InChI is InChI=1S/C23H28BrClFN3O3S2/c24-18-14-33-23(21(18)25)29(34(31)32)20(12-15-4-2-1-3-5-15)22(30)27-9-11-28-10-8-16-13-17(26)6-7-19(16)28/h6-7,13-15,20H,1-5,8-12H2,(H,27,30)(H,31,32)/p-1. The number of hydrogen-bond acceptors (Lipinski definition) is 5. The van der Waals surface area contributed by atoms with E-state index in [1.165, 1.54) is 23.8 Å². The van der Waals surface area contributed by atoms with Crippen LogP contribution in [-0.4, -0.2) is 40.3 Å². The molecule has 1 saturated carbocycles. The van der Waals surface area contributed by atoms with E-state index in [1.54, 1.807) is 17.5 Å². The molecule has 2 aliphatic rings. The molecule has 1 aliphatic heterocycles. The van der Waals surface area contributed by atoms with Crippen molar-refractivity contribution < 1.29 is 17.9 Å². The average molecular weight is 592 g/mol. The summed E-state index contributed by atoms with van der Waals surface area (Å²) in [6.45, 7) is 1.68. The summed E-state index contributed by atoms with van der Waals surface area (Å²) in [5.41, 5.74) is 1.94. The van der Waals surface area contributed by atoms with Crippen molar-refractivity contribution in [1.29, 1.82) is 0 Å². The molecule has 2 atom stereocenters. The quantitative estimate of drug-likeness (QED) is 0.395. The number of hydrogen-bond donors (Lipinski definition) is 1. The molecule has 0 radical (unpaired) electrons. The molecule has 0 saturated heterocycles. The molecule has 2 heterocycles. The Morgan fingerprint density at radius 2 is 2.15 bits per heavy atom. The molecule has 6 nitrogen and oxygen atoms in total. The second-order valence-electron chi connectivity index (χ2n) is 8.80. The van der Waals surface area contributed by atoms with Crippen LogP contribution in [-0.2, 0) is 22.5 Å². The maximum Gasteiger partial charge on any atom is 0.243 e. The number of carbonyl (C=O) groups is 1. The lowest BCUT2D eigenvalue weighted by Crippen LogP contribution is -2.50. The zero-order valence-electron chi connectivity index (χ0n) is 18.6. The number of amides is 1. The van der Waals surface area contributed by atoms with E-state index in [4.69, 9.17) is 11.6 Å². The number of fused-ring (bicyclic) bond motifs is 1. The minimum Gasteiger partial charge on any atom is -0.755 e. The minimum atomic E-state index is -2.66. The Bertz CT molecular complexity index is 1050. The summed E-state index contributed by atoms with van der Waals surface area (Å²) in [4.78, 5) is 15.5. The van der Waals surface area contributed by atoms with Gasteiger partial charge in [-0.05, 0) is 58.5 Å². The molecule has 4 rings (SSSR count). The highest BCUT2D eigenvalue weighted by Crippen LogP contribution is 2.42. The van der Waals surface area contributed by atoms with Crippen molar-refractivity contribution >= 4 is 66.7 Å². The number of nitrogens with one attached hydrogen (secondary N) is 1. The van der Waals surface area contributed by atoms with Crippen LogP contribution in [0, 0.1) is 11.7 Å². The maximum atomic E-state index is 13.5. The zero-order chi connectivity index (χ0) is 24.2. The molecular weight excluding hydrogens is 565 g/mol. The maximum absolute atomic E-state index is 13.5. The van der Waals surface area contributed by atoms with E-state index in [0.29, 0.717) is 29.0 Å². The van der Waals surface area contributed by atoms with Gasteiger partial charge in [0.1, 0.15) is 16.9 Å². The summed E-state index contributed by atoms with van der Waals surface area (Å²) in [6, 6.07) is 3.90. The third-order valence-corrected chi connectivity index (χ3v) is 10.1. The van der Waals surface area contributed by atoms with Crippen LogP contribution in [0.1, 0.15) is 44.1 Å². The Morgan fingerprint density at radius 3 is 2.82 bits per heavy atom. The highest BCUT2D eigenvalue weighted by Gasteiger charge is 2.33. The van der Waals surface area contributed by atoms with Gasteiger partial charge in [-0.2, -0.15) is 0 Å². The van der Waals surface area contributed by atoms with Gasteiger partial charge in [0.05, 0.1) is 5.02 Å². The van der Waals surface area contributed by atoms with Gasteiger partial charge in [-0.3, -0.25) is 13.3 Å². The Kier molecular flexibility index (Phi) is 8.90. The predicted octanol–water partition coefficient (Wildman–Crippen LogP) is 5.42. The topological polar surface area (TPSA) is 75.7 Å². The lowest BCUT2D eigenvalue weighted by molar-refractivity contribution is -0.122. The molecule has 1 aromatic heterocycles. The van der Waals surface area contributed by atoms with Crippen molar-refractivity contribution in [2.24, 2.45) is 5.92 Å². The molecule has 186 valence electrons. The third-order valence-electron chi connectivity index (χ3n) is 6.61. The van der Waals surface area contributed by atoms with Crippen LogP contribution in [0.2, 0.25) is 5.02 Å². The normalized spacial score (nSPS) is 17.9. The average Bonchev–Trinajstić information content (AvgIpc) is 3.36. The summed E-state index contributed by atoms with van der Waals surface area (Å²) < 4.78 is 39.9. The molecule has 1 fully saturated rings. The van der Waals surface area contributed by atoms with E-state index in [-0.39, 0.29) is 22.7 Å². The van der Waals surface area contributed by atoms with Crippen molar-refractivity contribution in [3.8, 4) is 0 Å². The van der Waals surface area contributed by atoms with E-state index < -0.39 is 17.3 Å². The van der Waals surface area contributed by atoms with E-state index in [9.17, 15) is 17.9 Å². The van der Waals surface area contributed by atoms with Crippen molar-refractivity contribution in [2.45, 2.75) is 51.0 Å². The fourth-order valence-electron chi connectivity index (χ4n) is 4.93. The summed E-state index contributed by atoms with van der Waals surface area (Å²) in [5.74, 6) is -0.281. The van der Waals surface area contributed by atoms with E-state index in [0.717, 1.165) is 54.2 Å². The second kappa shape index (κ2) is 11.7. The molecule has 2 aromatic rings. The van der Waals surface area contributed by atoms with Gasteiger partial charge in [0, 0.05) is 46.4 Å². The Labute approximate surface area is 219 Å². The van der Waals surface area contributed by atoms with E-state index in [2.05, 4.69) is 26.1 Å². The monoisotopic (exact) mass is 590 g/mol. The Balaban J connectivity index is 1.47. The SMILES string of the molecule is O=C(NCCN1CCc2cc(F)ccc21)C(CC1CCCCC1)N(c1scc(Br)c1Cl)S(=O)[O-]. The number of thiophene rings is 1. The number of carbonyl (C=O) groups excluding carboxylic acids is 1. The predicted molar refractivity (Wildman–Crippen MR) is 139 cm³/mol. The first kappa shape index (κ1) is 25.9. The minimum absolute atomic E-state index is 0.246. The van der Waals surface area contributed by atoms with Gasteiger partial charge in [-0.15, -0.1) is 11.3 Å². The molecular formula is C23H27BrClFN3O3S2-. The van der Waals surface area contributed by atoms with Crippen molar-refractivity contribution in [2.75, 3.05) is 28.8 Å². The van der Waals surface area contributed by atoms with Gasteiger partial charge in [-0.1, -0.05) is 43.7 Å². The molecule has 0 spiro atoms. The van der Waals surface area contributed by atoms with Gasteiger partial charge >= 0.3 is 0 Å². The van der Waals surface area contributed by atoms with Gasteiger partial charge in [-0.25, -0.2) is 4.39 Å². The lowest BCUT2D eigenvalue weighted by Gasteiger charge is -2.35. The second-order valence-corrected chi connectivity index (χ2v) is 11.7. The summed E-state index contributed by atoms with van der Waals surface area (Å²) in [5, 5.41) is 5.31. The number of benzene rings is 1.